The van der Waals surface area contributed by atoms with Crippen LogP contribution in [0.5, 0.6) is 0 Å². The fraction of sp³-hybridized carbons (Fsp3) is 0. The van der Waals surface area contributed by atoms with Crippen LogP contribution in [0.1, 0.15) is 0 Å². The van der Waals surface area contributed by atoms with E-state index in [2.05, 4.69) is 146 Å². The first-order chi connectivity index (χ1) is 19.8. The van der Waals surface area contributed by atoms with E-state index in [0.717, 1.165) is 0 Å². The molecule has 0 atom stereocenters. The van der Waals surface area contributed by atoms with E-state index in [4.69, 9.17) is 0 Å². The molecule has 0 saturated carbocycles. The molecular formula is C38H24S2. The normalized spacial score (nSPS) is 11.5. The van der Waals surface area contributed by atoms with Crippen LogP contribution < -0.4 is 0 Å². The van der Waals surface area contributed by atoms with Gasteiger partial charge >= 0.3 is 0 Å². The molecule has 0 spiro atoms. The van der Waals surface area contributed by atoms with E-state index < -0.39 is 0 Å². The lowest BCUT2D eigenvalue weighted by Crippen LogP contribution is -1.84. The number of hydrogen-bond acceptors (Lipinski definition) is 2. The van der Waals surface area contributed by atoms with Crippen LogP contribution in [-0.2, 0) is 0 Å². The number of benzene rings is 6. The van der Waals surface area contributed by atoms with Crippen LogP contribution in [0.4, 0.5) is 0 Å². The number of hydrogen-bond donors (Lipinski definition) is 0. The van der Waals surface area contributed by atoms with Gasteiger partial charge in [0.15, 0.2) is 0 Å². The molecule has 2 heteroatoms. The van der Waals surface area contributed by atoms with Crippen LogP contribution in [0.15, 0.2) is 146 Å². The molecule has 0 aliphatic heterocycles. The number of rotatable bonds is 4. The summed E-state index contributed by atoms with van der Waals surface area (Å²) in [4.78, 5) is 2.66. The summed E-state index contributed by atoms with van der Waals surface area (Å²) in [5, 5.41) is 5.29. The molecule has 0 bridgehead atoms. The molecule has 8 rings (SSSR count). The van der Waals surface area contributed by atoms with Crippen molar-refractivity contribution in [3.63, 3.8) is 0 Å². The quantitative estimate of drug-likeness (QED) is 0.207. The number of fused-ring (bicyclic) bond motifs is 4. The number of thiophene rings is 2. The smallest absolute Gasteiger partial charge is 0.0448 e. The van der Waals surface area contributed by atoms with Crippen molar-refractivity contribution in [1.29, 1.82) is 0 Å². The highest BCUT2D eigenvalue weighted by molar-refractivity contribution is 7.27. The monoisotopic (exact) mass is 544 g/mol. The second-order valence-electron chi connectivity index (χ2n) is 10.1. The molecule has 2 heterocycles. The van der Waals surface area contributed by atoms with Crippen molar-refractivity contribution in [2.24, 2.45) is 0 Å². The Morgan fingerprint density at radius 2 is 0.950 bits per heavy atom. The van der Waals surface area contributed by atoms with Crippen molar-refractivity contribution in [3.8, 4) is 43.1 Å². The Morgan fingerprint density at radius 1 is 0.350 bits per heavy atom. The van der Waals surface area contributed by atoms with Crippen LogP contribution >= 0.6 is 22.7 Å². The second-order valence-corrected chi connectivity index (χ2v) is 12.2. The summed E-state index contributed by atoms with van der Waals surface area (Å²) in [5.74, 6) is 0. The van der Waals surface area contributed by atoms with Gasteiger partial charge in [0.2, 0.25) is 0 Å². The molecule has 6 aromatic carbocycles. The molecule has 0 saturated heterocycles. The maximum Gasteiger partial charge on any atom is 0.0448 e. The van der Waals surface area contributed by atoms with Crippen molar-refractivity contribution in [2.75, 3.05) is 0 Å². The Morgan fingerprint density at radius 3 is 1.73 bits per heavy atom. The SMILES string of the molecule is c1ccc(-c2cccc(-c3sc(-c4c(-c5ccccc5)ccc5c4sc4ccccc45)c4ccccc34)c2)cc1. The summed E-state index contributed by atoms with van der Waals surface area (Å²) < 4.78 is 2.69. The van der Waals surface area contributed by atoms with Gasteiger partial charge in [-0.15, -0.1) is 22.7 Å². The zero-order chi connectivity index (χ0) is 26.5. The molecule has 0 amide bonds. The summed E-state index contributed by atoms with van der Waals surface area (Å²) in [6.07, 6.45) is 0. The van der Waals surface area contributed by atoms with Crippen molar-refractivity contribution >= 4 is 53.6 Å². The lowest BCUT2D eigenvalue weighted by Gasteiger charge is -2.11. The third-order valence-electron chi connectivity index (χ3n) is 7.71. The predicted octanol–water partition coefficient (Wildman–Crippen LogP) is 11.9. The largest absolute Gasteiger partial charge is 0.134 e. The van der Waals surface area contributed by atoms with Gasteiger partial charge in [0.1, 0.15) is 0 Å². The Hall–Kier alpha value is -4.50. The average molecular weight is 545 g/mol. The van der Waals surface area contributed by atoms with Crippen molar-refractivity contribution < 1.29 is 0 Å². The van der Waals surface area contributed by atoms with Crippen molar-refractivity contribution in [3.05, 3.63) is 146 Å². The minimum Gasteiger partial charge on any atom is -0.134 e. The fourth-order valence-electron chi connectivity index (χ4n) is 5.83. The van der Waals surface area contributed by atoms with Crippen molar-refractivity contribution in [1.82, 2.24) is 0 Å². The summed E-state index contributed by atoms with van der Waals surface area (Å²) in [6, 6.07) is 52.9. The van der Waals surface area contributed by atoms with Gasteiger partial charge in [-0.3, -0.25) is 0 Å². The van der Waals surface area contributed by atoms with Gasteiger partial charge in [0.05, 0.1) is 0 Å². The molecule has 0 nitrogen and oxygen atoms in total. The molecular weight excluding hydrogens is 521 g/mol. The van der Waals surface area contributed by atoms with Gasteiger partial charge in [0, 0.05) is 46.3 Å². The molecule has 0 unspecified atom stereocenters. The zero-order valence-corrected chi connectivity index (χ0v) is 23.3. The molecule has 188 valence electrons. The highest BCUT2D eigenvalue weighted by Crippen LogP contribution is 2.51. The molecule has 0 aliphatic carbocycles. The Balaban J connectivity index is 1.43. The molecule has 2 aromatic heterocycles. The lowest BCUT2D eigenvalue weighted by molar-refractivity contribution is 1.62. The van der Waals surface area contributed by atoms with Crippen LogP contribution in [0.3, 0.4) is 0 Å². The van der Waals surface area contributed by atoms with E-state index in [1.165, 1.54) is 74.1 Å². The molecule has 40 heavy (non-hydrogen) atoms. The van der Waals surface area contributed by atoms with Crippen LogP contribution in [0.2, 0.25) is 0 Å². The molecule has 0 fully saturated rings. The second kappa shape index (κ2) is 9.60. The fourth-order valence-corrected chi connectivity index (χ4v) is 8.49. The van der Waals surface area contributed by atoms with Gasteiger partial charge in [-0.05, 0) is 39.9 Å². The molecule has 0 radical (unpaired) electrons. The lowest BCUT2D eigenvalue weighted by atomic mass is 9.94. The first-order valence-corrected chi connectivity index (χ1v) is 15.2. The topological polar surface area (TPSA) is 0 Å². The minimum atomic E-state index is 1.24. The van der Waals surface area contributed by atoms with E-state index in [1.54, 1.807) is 0 Å². The van der Waals surface area contributed by atoms with E-state index in [9.17, 15) is 0 Å². The zero-order valence-electron chi connectivity index (χ0n) is 21.7. The van der Waals surface area contributed by atoms with E-state index in [1.807, 2.05) is 22.7 Å². The molecule has 0 N–H and O–H groups in total. The highest BCUT2D eigenvalue weighted by atomic mass is 32.1. The average Bonchev–Trinajstić information content (AvgIpc) is 3.60. The van der Waals surface area contributed by atoms with Crippen molar-refractivity contribution in [2.45, 2.75) is 0 Å². The highest BCUT2D eigenvalue weighted by Gasteiger charge is 2.21. The Kier molecular flexibility index (Phi) is 5.62. The molecule has 0 aliphatic rings. The molecule has 8 aromatic rings. The first kappa shape index (κ1) is 23.4. The van der Waals surface area contributed by atoms with Crippen LogP contribution in [0, 0.1) is 0 Å². The van der Waals surface area contributed by atoms with E-state index >= 15 is 0 Å². The maximum absolute atomic E-state index is 2.34. The maximum atomic E-state index is 2.34. The van der Waals surface area contributed by atoms with Crippen LogP contribution in [-0.4, -0.2) is 0 Å². The van der Waals surface area contributed by atoms with Gasteiger partial charge in [0.25, 0.3) is 0 Å². The summed E-state index contributed by atoms with van der Waals surface area (Å²) in [7, 11) is 0. The standard InChI is InChI=1S/C38H24S2/c1-3-12-25(13-4-1)27-16-11-17-28(24-27)36-31-19-7-8-20-32(31)38(40-36)35-29(26-14-5-2-6-15-26)22-23-33-30-18-9-10-21-34(30)39-37(33)35/h1-24H. The summed E-state index contributed by atoms with van der Waals surface area (Å²) in [6.45, 7) is 0. The van der Waals surface area contributed by atoms with Gasteiger partial charge in [-0.1, -0.05) is 133 Å². The summed E-state index contributed by atoms with van der Waals surface area (Å²) in [5.41, 5.74) is 7.63. The van der Waals surface area contributed by atoms with E-state index in [-0.39, 0.29) is 0 Å². The Labute approximate surface area is 241 Å². The Bertz CT molecular complexity index is 2150. The van der Waals surface area contributed by atoms with Gasteiger partial charge in [-0.25, -0.2) is 0 Å². The minimum absolute atomic E-state index is 1.24. The third kappa shape index (κ3) is 3.80. The van der Waals surface area contributed by atoms with E-state index in [0.29, 0.717) is 0 Å². The summed E-state index contributed by atoms with van der Waals surface area (Å²) >= 11 is 3.84. The van der Waals surface area contributed by atoms with Gasteiger partial charge in [-0.2, -0.15) is 0 Å². The first-order valence-electron chi connectivity index (χ1n) is 13.5. The van der Waals surface area contributed by atoms with Gasteiger partial charge < -0.3 is 0 Å². The predicted molar refractivity (Wildman–Crippen MR) is 176 cm³/mol. The third-order valence-corrected chi connectivity index (χ3v) is 10.2. The van der Waals surface area contributed by atoms with Crippen LogP contribution in [0.25, 0.3) is 74.1 Å².